The Morgan fingerprint density at radius 2 is 2.18 bits per heavy atom. The van der Waals surface area contributed by atoms with Crippen LogP contribution in [0, 0.1) is 0 Å². The molecule has 1 aliphatic rings. The molecule has 0 radical (unpaired) electrons. The molecule has 17 heavy (non-hydrogen) atoms. The summed E-state index contributed by atoms with van der Waals surface area (Å²) in [6.45, 7) is 3.73. The predicted molar refractivity (Wildman–Crippen MR) is 72.0 cm³/mol. The molecule has 1 aromatic rings. The van der Waals surface area contributed by atoms with Crippen molar-refractivity contribution in [3.05, 3.63) is 33.8 Å². The average Bonchev–Trinajstić information content (AvgIpc) is 2.28. The summed E-state index contributed by atoms with van der Waals surface area (Å²) < 4.78 is 5.52. The maximum atomic E-state index is 6.14. The Hall–Kier alpha value is -0.280. The molecular weight excluding hydrogens is 257 g/mol. The van der Waals surface area contributed by atoms with E-state index in [9.17, 15) is 0 Å². The van der Waals surface area contributed by atoms with Crippen LogP contribution in [0.4, 0.5) is 0 Å². The molecule has 4 heteroatoms. The fourth-order valence-electron chi connectivity index (χ4n) is 2.11. The number of halogens is 2. The molecule has 0 bridgehead atoms. The first-order valence-corrected chi connectivity index (χ1v) is 6.68. The number of morpholine rings is 1. The van der Waals surface area contributed by atoms with Crippen LogP contribution in [0.3, 0.4) is 0 Å². The minimum absolute atomic E-state index is 0.422. The number of benzene rings is 1. The summed E-state index contributed by atoms with van der Waals surface area (Å²) in [6.07, 6.45) is 1.98. The fourth-order valence-corrected chi connectivity index (χ4v) is 2.61. The molecule has 2 unspecified atom stereocenters. The van der Waals surface area contributed by atoms with Crippen molar-refractivity contribution in [2.24, 2.45) is 0 Å². The van der Waals surface area contributed by atoms with Gasteiger partial charge in [0.2, 0.25) is 0 Å². The second-order valence-corrected chi connectivity index (χ2v) is 5.42. The van der Waals surface area contributed by atoms with Crippen molar-refractivity contribution in [1.82, 2.24) is 5.32 Å². The van der Waals surface area contributed by atoms with Gasteiger partial charge in [0.15, 0.2) is 0 Å². The van der Waals surface area contributed by atoms with Crippen LogP contribution < -0.4 is 5.32 Å². The Balaban J connectivity index is 1.88. The highest BCUT2D eigenvalue weighted by atomic mass is 35.5. The smallest absolute Gasteiger partial charge is 0.0620 e. The maximum absolute atomic E-state index is 6.14. The van der Waals surface area contributed by atoms with Crippen LogP contribution in [0.15, 0.2) is 18.2 Å². The quantitative estimate of drug-likeness (QED) is 0.913. The van der Waals surface area contributed by atoms with Gasteiger partial charge in [0.1, 0.15) is 0 Å². The molecule has 2 nitrogen and oxygen atoms in total. The Morgan fingerprint density at radius 1 is 1.35 bits per heavy atom. The summed E-state index contributed by atoms with van der Waals surface area (Å²) in [7, 11) is 0. The van der Waals surface area contributed by atoms with Crippen LogP contribution in [0.5, 0.6) is 0 Å². The first-order chi connectivity index (χ1) is 8.15. The van der Waals surface area contributed by atoms with Gasteiger partial charge in [-0.3, -0.25) is 0 Å². The number of nitrogens with one attached hydrogen (secondary N) is 1. The van der Waals surface area contributed by atoms with Crippen LogP contribution >= 0.6 is 23.2 Å². The third-order valence-electron chi connectivity index (χ3n) is 2.98. The van der Waals surface area contributed by atoms with E-state index in [0.29, 0.717) is 17.1 Å². The molecule has 2 rings (SSSR count). The van der Waals surface area contributed by atoms with Gasteiger partial charge in [-0.25, -0.2) is 0 Å². The minimum atomic E-state index is 0.422. The summed E-state index contributed by atoms with van der Waals surface area (Å²) in [5, 5.41) is 4.96. The molecule has 0 aromatic heterocycles. The highest BCUT2D eigenvalue weighted by Crippen LogP contribution is 2.22. The minimum Gasteiger partial charge on any atom is -0.378 e. The number of ether oxygens (including phenoxy) is 1. The van der Waals surface area contributed by atoms with Gasteiger partial charge in [0.05, 0.1) is 13.2 Å². The molecule has 0 amide bonds. The molecule has 1 fully saturated rings. The van der Waals surface area contributed by atoms with Gasteiger partial charge in [-0.05, 0) is 37.5 Å². The number of hydrogen-bond donors (Lipinski definition) is 1. The second kappa shape index (κ2) is 6.05. The first kappa shape index (κ1) is 13.2. The van der Waals surface area contributed by atoms with E-state index in [1.807, 2.05) is 12.1 Å². The van der Waals surface area contributed by atoms with Crippen molar-refractivity contribution in [2.75, 3.05) is 13.2 Å². The van der Waals surface area contributed by atoms with E-state index < -0.39 is 0 Å². The van der Waals surface area contributed by atoms with Crippen LogP contribution in [0.25, 0.3) is 0 Å². The monoisotopic (exact) mass is 273 g/mol. The van der Waals surface area contributed by atoms with E-state index in [1.54, 1.807) is 6.07 Å². The molecule has 1 heterocycles. The lowest BCUT2D eigenvalue weighted by Crippen LogP contribution is -2.47. The average molecular weight is 274 g/mol. The van der Waals surface area contributed by atoms with Crippen molar-refractivity contribution in [3.63, 3.8) is 0 Å². The Kier molecular flexibility index (Phi) is 4.69. The van der Waals surface area contributed by atoms with Gasteiger partial charge in [-0.15, -0.1) is 0 Å². The zero-order chi connectivity index (χ0) is 12.3. The third kappa shape index (κ3) is 3.85. The largest absolute Gasteiger partial charge is 0.378 e. The third-order valence-corrected chi connectivity index (χ3v) is 3.57. The SMILES string of the molecule is CC1COCC(CCc2ccc(Cl)cc2Cl)N1. The van der Waals surface area contributed by atoms with E-state index >= 15 is 0 Å². The maximum Gasteiger partial charge on any atom is 0.0620 e. The van der Waals surface area contributed by atoms with Crippen molar-refractivity contribution in [3.8, 4) is 0 Å². The zero-order valence-corrected chi connectivity index (χ0v) is 11.4. The van der Waals surface area contributed by atoms with E-state index in [4.69, 9.17) is 27.9 Å². The van der Waals surface area contributed by atoms with Gasteiger partial charge >= 0.3 is 0 Å². The standard InChI is InChI=1S/C13H17Cl2NO/c1-9-7-17-8-12(16-9)5-3-10-2-4-11(14)6-13(10)15/h2,4,6,9,12,16H,3,5,7-8H2,1H3. The molecule has 0 saturated carbocycles. The van der Waals surface area contributed by atoms with E-state index in [2.05, 4.69) is 12.2 Å². The highest BCUT2D eigenvalue weighted by molar-refractivity contribution is 6.35. The molecule has 2 atom stereocenters. The van der Waals surface area contributed by atoms with Crippen LogP contribution in [-0.4, -0.2) is 25.3 Å². The lowest BCUT2D eigenvalue weighted by atomic mass is 10.0. The molecule has 1 aromatic carbocycles. The second-order valence-electron chi connectivity index (χ2n) is 4.58. The van der Waals surface area contributed by atoms with Gasteiger partial charge in [-0.1, -0.05) is 29.3 Å². The van der Waals surface area contributed by atoms with Crippen molar-refractivity contribution in [2.45, 2.75) is 31.8 Å². The van der Waals surface area contributed by atoms with Gasteiger partial charge in [0.25, 0.3) is 0 Å². The first-order valence-electron chi connectivity index (χ1n) is 5.93. The number of rotatable bonds is 3. The van der Waals surface area contributed by atoms with E-state index in [0.717, 1.165) is 36.6 Å². The van der Waals surface area contributed by atoms with Crippen molar-refractivity contribution < 1.29 is 4.74 Å². The fraction of sp³-hybridized carbons (Fsp3) is 0.538. The van der Waals surface area contributed by atoms with Gasteiger partial charge in [0, 0.05) is 22.1 Å². The molecular formula is C13H17Cl2NO. The normalized spacial score (nSPS) is 24.9. The lowest BCUT2D eigenvalue weighted by molar-refractivity contribution is 0.0483. The number of hydrogen-bond acceptors (Lipinski definition) is 2. The van der Waals surface area contributed by atoms with Gasteiger partial charge < -0.3 is 10.1 Å². The highest BCUT2D eigenvalue weighted by Gasteiger charge is 2.18. The summed E-state index contributed by atoms with van der Waals surface area (Å²) in [6, 6.07) is 6.54. The van der Waals surface area contributed by atoms with Crippen molar-refractivity contribution in [1.29, 1.82) is 0 Å². The molecule has 0 spiro atoms. The van der Waals surface area contributed by atoms with Crippen LogP contribution in [-0.2, 0) is 11.2 Å². The zero-order valence-electron chi connectivity index (χ0n) is 9.88. The van der Waals surface area contributed by atoms with Crippen molar-refractivity contribution >= 4 is 23.2 Å². The Morgan fingerprint density at radius 3 is 2.88 bits per heavy atom. The Labute approximate surface area is 112 Å². The van der Waals surface area contributed by atoms with Crippen LogP contribution in [0.2, 0.25) is 10.0 Å². The summed E-state index contributed by atoms with van der Waals surface area (Å²) in [5.74, 6) is 0. The molecule has 94 valence electrons. The lowest BCUT2D eigenvalue weighted by Gasteiger charge is -2.29. The summed E-state index contributed by atoms with van der Waals surface area (Å²) in [4.78, 5) is 0. The summed E-state index contributed by atoms with van der Waals surface area (Å²) in [5.41, 5.74) is 1.15. The van der Waals surface area contributed by atoms with E-state index in [1.165, 1.54) is 0 Å². The Bertz CT molecular complexity index is 384. The predicted octanol–water partition coefficient (Wildman–Crippen LogP) is 3.30. The summed E-state index contributed by atoms with van der Waals surface area (Å²) >= 11 is 12.0. The van der Waals surface area contributed by atoms with Gasteiger partial charge in [-0.2, -0.15) is 0 Å². The topological polar surface area (TPSA) is 21.3 Å². The number of aryl methyl sites for hydroxylation is 1. The van der Waals surface area contributed by atoms with Crippen LogP contribution in [0.1, 0.15) is 18.9 Å². The molecule has 0 aliphatic carbocycles. The molecule has 1 N–H and O–H groups in total. The van der Waals surface area contributed by atoms with E-state index in [-0.39, 0.29) is 0 Å². The molecule has 1 saturated heterocycles. The molecule has 1 aliphatic heterocycles.